The lowest BCUT2D eigenvalue weighted by molar-refractivity contribution is 0.102. The van der Waals surface area contributed by atoms with E-state index < -0.39 is 0 Å². The van der Waals surface area contributed by atoms with E-state index >= 15 is 0 Å². The van der Waals surface area contributed by atoms with Gasteiger partial charge in [-0.15, -0.1) is 0 Å². The largest absolute Gasteiger partial charge is 0.366 e. The monoisotopic (exact) mass is 350 g/mol. The Labute approximate surface area is 151 Å². The Balaban J connectivity index is 1.72. The van der Waals surface area contributed by atoms with E-state index in [2.05, 4.69) is 26.7 Å². The number of anilines is 2. The first kappa shape index (κ1) is 17.5. The van der Waals surface area contributed by atoms with Crippen molar-refractivity contribution >= 4 is 17.4 Å². The maximum absolute atomic E-state index is 13.0. The average Bonchev–Trinajstić information content (AvgIpc) is 2.61. The van der Waals surface area contributed by atoms with Gasteiger partial charge in [0.1, 0.15) is 23.2 Å². The summed E-state index contributed by atoms with van der Waals surface area (Å²) in [7, 11) is 0. The summed E-state index contributed by atoms with van der Waals surface area (Å²) >= 11 is 0. The standard InChI is InChI=1S/C20H19FN4O/c1-13-4-3-5-15(10-13)12-22-19-11-18(23-14(2)24-19)20(26)25-17-8-6-16(21)7-9-17/h3-11H,12H2,1-2H3,(H,25,26)(H,22,23,24). The molecule has 0 aliphatic carbocycles. The number of hydrogen-bond donors (Lipinski definition) is 2. The number of carbonyl (C=O) groups excluding carboxylic acids is 1. The van der Waals surface area contributed by atoms with Crippen molar-refractivity contribution in [3.8, 4) is 0 Å². The molecule has 26 heavy (non-hydrogen) atoms. The van der Waals surface area contributed by atoms with Gasteiger partial charge >= 0.3 is 0 Å². The van der Waals surface area contributed by atoms with Crippen molar-refractivity contribution in [1.29, 1.82) is 0 Å². The summed E-state index contributed by atoms with van der Waals surface area (Å²) in [5.41, 5.74) is 3.05. The highest BCUT2D eigenvalue weighted by Crippen LogP contribution is 2.13. The zero-order valence-electron chi connectivity index (χ0n) is 14.6. The zero-order chi connectivity index (χ0) is 18.5. The minimum atomic E-state index is -0.374. The Morgan fingerprint density at radius 1 is 1.04 bits per heavy atom. The first-order valence-corrected chi connectivity index (χ1v) is 8.21. The molecule has 0 unspecified atom stereocenters. The number of aromatic nitrogens is 2. The zero-order valence-corrected chi connectivity index (χ0v) is 14.6. The Hall–Kier alpha value is -3.28. The molecule has 1 aromatic heterocycles. The molecule has 3 rings (SSSR count). The molecule has 0 aliphatic rings. The van der Waals surface area contributed by atoms with Gasteiger partial charge in [-0.05, 0) is 43.7 Å². The van der Waals surface area contributed by atoms with E-state index in [1.54, 1.807) is 13.0 Å². The van der Waals surface area contributed by atoms with Crippen LogP contribution in [0.5, 0.6) is 0 Å². The molecule has 132 valence electrons. The number of nitrogens with one attached hydrogen (secondary N) is 2. The predicted molar refractivity (Wildman–Crippen MR) is 99.6 cm³/mol. The van der Waals surface area contributed by atoms with E-state index in [1.807, 2.05) is 25.1 Å². The Bertz CT molecular complexity index is 925. The first-order chi connectivity index (χ1) is 12.5. The van der Waals surface area contributed by atoms with Gasteiger partial charge in [-0.3, -0.25) is 4.79 Å². The van der Waals surface area contributed by atoms with Crippen LogP contribution in [-0.4, -0.2) is 15.9 Å². The molecule has 0 saturated heterocycles. The summed E-state index contributed by atoms with van der Waals surface area (Å²) in [4.78, 5) is 20.9. The number of hydrogen-bond acceptors (Lipinski definition) is 4. The molecule has 2 N–H and O–H groups in total. The van der Waals surface area contributed by atoms with E-state index in [1.165, 1.54) is 29.8 Å². The molecule has 1 amide bonds. The van der Waals surface area contributed by atoms with E-state index in [0.29, 0.717) is 23.9 Å². The van der Waals surface area contributed by atoms with Gasteiger partial charge in [-0.2, -0.15) is 0 Å². The average molecular weight is 350 g/mol. The summed E-state index contributed by atoms with van der Waals surface area (Å²) in [6.07, 6.45) is 0. The van der Waals surface area contributed by atoms with Crippen molar-refractivity contribution in [2.24, 2.45) is 0 Å². The fourth-order valence-electron chi connectivity index (χ4n) is 2.52. The molecular weight excluding hydrogens is 331 g/mol. The summed E-state index contributed by atoms with van der Waals surface area (Å²) in [6, 6.07) is 15.3. The van der Waals surface area contributed by atoms with Crippen molar-refractivity contribution in [2.75, 3.05) is 10.6 Å². The Morgan fingerprint density at radius 2 is 1.81 bits per heavy atom. The van der Waals surface area contributed by atoms with E-state index in [0.717, 1.165) is 5.56 Å². The molecule has 2 aromatic carbocycles. The SMILES string of the molecule is Cc1cccc(CNc2cc(C(=O)Nc3ccc(F)cc3)nc(C)n2)c1. The highest BCUT2D eigenvalue weighted by atomic mass is 19.1. The number of nitrogens with zero attached hydrogens (tertiary/aromatic N) is 2. The third-order valence-electron chi connectivity index (χ3n) is 3.73. The third-order valence-corrected chi connectivity index (χ3v) is 3.73. The molecule has 6 heteroatoms. The molecule has 1 heterocycles. The maximum Gasteiger partial charge on any atom is 0.274 e. The van der Waals surface area contributed by atoms with Crippen LogP contribution in [-0.2, 0) is 6.54 Å². The van der Waals surface area contributed by atoms with Crippen LogP contribution in [0.2, 0.25) is 0 Å². The van der Waals surface area contributed by atoms with Gasteiger partial charge in [0.25, 0.3) is 5.91 Å². The van der Waals surface area contributed by atoms with Gasteiger partial charge in [0, 0.05) is 18.3 Å². The summed E-state index contributed by atoms with van der Waals surface area (Å²) in [5, 5.41) is 5.91. The van der Waals surface area contributed by atoms with Crippen LogP contribution in [0.1, 0.15) is 27.4 Å². The van der Waals surface area contributed by atoms with Gasteiger partial charge in [0.15, 0.2) is 0 Å². The molecular formula is C20H19FN4O. The molecule has 0 atom stereocenters. The molecule has 0 radical (unpaired) electrons. The summed E-state index contributed by atoms with van der Waals surface area (Å²) < 4.78 is 13.0. The molecule has 0 spiro atoms. The lowest BCUT2D eigenvalue weighted by atomic mass is 10.1. The quantitative estimate of drug-likeness (QED) is 0.727. The third kappa shape index (κ3) is 4.63. The number of aryl methyl sites for hydroxylation is 2. The number of rotatable bonds is 5. The fourth-order valence-corrected chi connectivity index (χ4v) is 2.52. The molecule has 0 fully saturated rings. The van der Waals surface area contributed by atoms with Crippen LogP contribution in [0.3, 0.4) is 0 Å². The topological polar surface area (TPSA) is 66.9 Å². The van der Waals surface area contributed by atoms with Crippen molar-refractivity contribution in [2.45, 2.75) is 20.4 Å². The van der Waals surface area contributed by atoms with Crippen LogP contribution < -0.4 is 10.6 Å². The van der Waals surface area contributed by atoms with Gasteiger partial charge in [-0.25, -0.2) is 14.4 Å². The second kappa shape index (κ2) is 7.74. The number of halogens is 1. The normalized spacial score (nSPS) is 10.4. The van der Waals surface area contributed by atoms with Crippen molar-refractivity contribution in [3.05, 3.63) is 83.1 Å². The number of amides is 1. The van der Waals surface area contributed by atoms with Gasteiger partial charge in [0.2, 0.25) is 0 Å². The highest BCUT2D eigenvalue weighted by molar-refractivity contribution is 6.03. The van der Waals surface area contributed by atoms with E-state index in [4.69, 9.17) is 0 Å². The summed E-state index contributed by atoms with van der Waals surface area (Å²) in [5.74, 6) is 0.330. The van der Waals surface area contributed by atoms with E-state index in [9.17, 15) is 9.18 Å². The number of benzene rings is 2. The van der Waals surface area contributed by atoms with Crippen LogP contribution in [0, 0.1) is 19.7 Å². The second-order valence-corrected chi connectivity index (χ2v) is 5.99. The summed E-state index contributed by atoms with van der Waals surface area (Å²) in [6.45, 7) is 4.36. The minimum absolute atomic E-state index is 0.244. The molecule has 3 aromatic rings. The van der Waals surface area contributed by atoms with Gasteiger partial charge in [0.05, 0.1) is 0 Å². The lowest BCUT2D eigenvalue weighted by Crippen LogP contribution is -2.15. The van der Waals surface area contributed by atoms with Crippen LogP contribution in [0.25, 0.3) is 0 Å². The Kier molecular flexibility index (Phi) is 5.22. The fraction of sp³-hybridized carbons (Fsp3) is 0.150. The van der Waals surface area contributed by atoms with Crippen LogP contribution in [0.4, 0.5) is 15.9 Å². The highest BCUT2D eigenvalue weighted by Gasteiger charge is 2.11. The van der Waals surface area contributed by atoms with Gasteiger partial charge in [-0.1, -0.05) is 29.8 Å². The minimum Gasteiger partial charge on any atom is -0.366 e. The predicted octanol–water partition coefficient (Wildman–Crippen LogP) is 4.10. The number of carbonyl (C=O) groups is 1. The van der Waals surface area contributed by atoms with Gasteiger partial charge < -0.3 is 10.6 Å². The van der Waals surface area contributed by atoms with E-state index in [-0.39, 0.29) is 17.4 Å². The Morgan fingerprint density at radius 3 is 2.54 bits per heavy atom. The van der Waals surface area contributed by atoms with Crippen molar-refractivity contribution in [1.82, 2.24) is 9.97 Å². The molecule has 0 saturated carbocycles. The lowest BCUT2D eigenvalue weighted by Gasteiger charge is -2.10. The van der Waals surface area contributed by atoms with Crippen molar-refractivity contribution < 1.29 is 9.18 Å². The van der Waals surface area contributed by atoms with Crippen LogP contribution >= 0.6 is 0 Å². The first-order valence-electron chi connectivity index (χ1n) is 8.21. The second-order valence-electron chi connectivity index (χ2n) is 5.99. The molecule has 0 aliphatic heterocycles. The van der Waals surface area contributed by atoms with Crippen molar-refractivity contribution in [3.63, 3.8) is 0 Å². The maximum atomic E-state index is 13.0. The molecule has 5 nitrogen and oxygen atoms in total. The van der Waals surface area contributed by atoms with Crippen LogP contribution in [0.15, 0.2) is 54.6 Å². The molecule has 0 bridgehead atoms. The smallest absolute Gasteiger partial charge is 0.274 e.